The molecule has 3 nitrogen and oxygen atoms in total. The van der Waals surface area contributed by atoms with E-state index in [4.69, 9.17) is 0 Å². The molecular weight excluding hydrogens is 206 g/mol. The lowest BCUT2D eigenvalue weighted by Gasteiger charge is -2.40. The third-order valence-electron chi connectivity index (χ3n) is 3.15. The number of piperazine rings is 1. The number of hydrogen-bond acceptors (Lipinski definition) is 4. The maximum atomic E-state index is 4.61. The number of thiazole rings is 1. The molecule has 0 aliphatic carbocycles. The summed E-state index contributed by atoms with van der Waals surface area (Å²) in [6, 6.07) is 0. The van der Waals surface area contributed by atoms with Gasteiger partial charge in [0.15, 0.2) is 0 Å². The molecule has 0 amide bonds. The molecule has 0 aromatic carbocycles. The fourth-order valence-electron chi connectivity index (χ4n) is 2.03. The summed E-state index contributed by atoms with van der Waals surface area (Å²) in [5.74, 6) is 0. The zero-order valence-corrected chi connectivity index (χ0v) is 10.5. The van der Waals surface area contributed by atoms with Crippen LogP contribution in [0, 0.1) is 6.92 Å². The molecule has 0 unspecified atom stereocenters. The number of nitrogens with zero attached hydrogens (tertiary/aromatic N) is 2. The van der Waals surface area contributed by atoms with E-state index < -0.39 is 0 Å². The first kappa shape index (κ1) is 11.0. The van der Waals surface area contributed by atoms with Crippen LogP contribution >= 0.6 is 11.3 Å². The van der Waals surface area contributed by atoms with Gasteiger partial charge in [-0.25, -0.2) is 4.98 Å². The quantitative estimate of drug-likeness (QED) is 0.828. The topological polar surface area (TPSA) is 28.2 Å². The van der Waals surface area contributed by atoms with Crippen LogP contribution in [-0.2, 0) is 5.54 Å². The second-order valence-corrected chi connectivity index (χ2v) is 5.61. The summed E-state index contributed by atoms with van der Waals surface area (Å²) < 4.78 is 0. The Bertz CT molecular complexity index is 326. The summed E-state index contributed by atoms with van der Waals surface area (Å²) in [6.45, 7) is 11.0. The second-order valence-electron chi connectivity index (χ2n) is 4.55. The number of aryl methyl sites for hydroxylation is 1. The minimum atomic E-state index is 0.0763. The predicted octanol–water partition coefficient (Wildman–Crippen LogP) is 1.59. The molecule has 2 rings (SSSR count). The van der Waals surface area contributed by atoms with E-state index in [-0.39, 0.29) is 5.54 Å². The van der Waals surface area contributed by atoms with Crippen molar-refractivity contribution >= 4 is 11.3 Å². The van der Waals surface area contributed by atoms with Crippen molar-refractivity contribution < 1.29 is 0 Å². The summed E-state index contributed by atoms with van der Waals surface area (Å²) in [5, 5.41) is 6.74. The van der Waals surface area contributed by atoms with Crippen LogP contribution in [0.4, 0.5) is 0 Å². The molecule has 15 heavy (non-hydrogen) atoms. The Morgan fingerprint density at radius 3 is 2.60 bits per heavy atom. The van der Waals surface area contributed by atoms with Gasteiger partial charge in [0, 0.05) is 31.6 Å². The van der Waals surface area contributed by atoms with Gasteiger partial charge in [-0.1, -0.05) is 0 Å². The Morgan fingerprint density at radius 2 is 2.07 bits per heavy atom. The van der Waals surface area contributed by atoms with E-state index >= 15 is 0 Å². The third-order valence-corrected chi connectivity index (χ3v) is 3.93. The van der Waals surface area contributed by atoms with E-state index in [2.05, 4.69) is 41.4 Å². The first-order valence-electron chi connectivity index (χ1n) is 5.49. The van der Waals surface area contributed by atoms with Gasteiger partial charge < -0.3 is 5.32 Å². The summed E-state index contributed by atoms with van der Waals surface area (Å²) in [6.07, 6.45) is 0. The van der Waals surface area contributed by atoms with E-state index in [0.29, 0.717) is 0 Å². The van der Waals surface area contributed by atoms with E-state index in [1.54, 1.807) is 11.3 Å². The van der Waals surface area contributed by atoms with Crippen LogP contribution in [0.15, 0.2) is 5.38 Å². The molecule has 2 heterocycles. The molecule has 1 aliphatic heterocycles. The second kappa shape index (κ2) is 4.20. The first-order chi connectivity index (χ1) is 7.10. The average molecular weight is 225 g/mol. The van der Waals surface area contributed by atoms with Gasteiger partial charge in [-0.2, -0.15) is 0 Å². The predicted molar refractivity (Wildman–Crippen MR) is 64.3 cm³/mol. The number of aromatic nitrogens is 1. The summed E-state index contributed by atoms with van der Waals surface area (Å²) >= 11 is 1.74. The molecule has 1 aromatic rings. The van der Waals surface area contributed by atoms with Gasteiger partial charge in [-0.3, -0.25) is 4.90 Å². The number of rotatable bonds is 2. The maximum absolute atomic E-state index is 4.61. The largest absolute Gasteiger partial charge is 0.314 e. The highest BCUT2D eigenvalue weighted by molar-refractivity contribution is 7.09. The highest BCUT2D eigenvalue weighted by atomic mass is 32.1. The minimum absolute atomic E-state index is 0.0763. The first-order valence-corrected chi connectivity index (χ1v) is 6.37. The Kier molecular flexibility index (Phi) is 3.09. The highest BCUT2D eigenvalue weighted by Crippen LogP contribution is 2.28. The lowest BCUT2D eigenvalue weighted by molar-refractivity contribution is 0.0993. The molecule has 1 aliphatic rings. The zero-order valence-electron chi connectivity index (χ0n) is 9.71. The van der Waals surface area contributed by atoms with Crippen LogP contribution in [-0.4, -0.2) is 36.1 Å². The zero-order chi connectivity index (χ0) is 10.9. The van der Waals surface area contributed by atoms with Crippen molar-refractivity contribution in [1.29, 1.82) is 0 Å². The highest BCUT2D eigenvalue weighted by Gasteiger charge is 2.31. The van der Waals surface area contributed by atoms with E-state index in [1.807, 2.05) is 0 Å². The smallest absolute Gasteiger partial charge is 0.0898 e. The molecule has 0 radical (unpaired) electrons. The van der Waals surface area contributed by atoms with Gasteiger partial charge in [0.25, 0.3) is 0 Å². The Morgan fingerprint density at radius 1 is 1.40 bits per heavy atom. The minimum Gasteiger partial charge on any atom is -0.314 e. The van der Waals surface area contributed by atoms with Crippen LogP contribution in [0.2, 0.25) is 0 Å². The molecule has 84 valence electrons. The molecule has 0 bridgehead atoms. The Labute approximate surface area is 95.5 Å². The molecule has 1 saturated heterocycles. The maximum Gasteiger partial charge on any atom is 0.0898 e. The monoisotopic (exact) mass is 225 g/mol. The van der Waals surface area contributed by atoms with Crippen molar-refractivity contribution in [3.8, 4) is 0 Å². The average Bonchev–Trinajstić information content (AvgIpc) is 2.67. The van der Waals surface area contributed by atoms with Crippen LogP contribution in [0.1, 0.15) is 24.5 Å². The molecule has 1 aromatic heterocycles. The third kappa shape index (κ3) is 2.22. The SMILES string of the molecule is Cc1nc(C(C)(C)N2CCNCC2)cs1. The van der Waals surface area contributed by atoms with Crippen LogP contribution in [0.3, 0.4) is 0 Å². The molecule has 0 spiro atoms. The molecular formula is C11H19N3S. The standard InChI is InChI=1S/C11H19N3S/c1-9-13-10(8-15-9)11(2,3)14-6-4-12-5-7-14/h8,12H,4-7H2,1-3H3. The van der Waals surface area contributed by atoms with Crippen molar-refractivity contribution in [2.24, 2.45) is 0 Å². The molecule has 0 atom stereocenters. The van der Waals surface area contributed by atoms with Crippen LogP contribution < -0.4 is 5.32 Å². The number of hydrogen-bond donors (Lipinski definition) is 1. The van der Waals surface area contributed by atoms with Gasteiger partial charge >= 0.3 is 0 Å². The molecule has 1 N–H and O–H groups in total. The van der Waals surface area contributed by atoms with Crippen molar-refractivity contribution in [3.63, 3.8) is 0 Å². The van der Waals surface area contributed by atoms with Crippen LogP contribution in [0.25, 0.3) is 0 Å². The lowest BCUT2D eigenvalue weighted by Crippen LogP contribution is -2.51. The fraction of sp³-hybridized carbons (Fsp3) is 0.727. The van der Waals surface area contributed by atoms with Gasteiger partial charge in [0.1, 0.15) is 0 Å². The van der Waals surface area contributed by atoms with Gasteiger partial charge in [0.2, 0.25) is 0 Å². The van der Waals surface area contributed by atoms with Crippen molar-refractivity contribution in [3.05, 3.63) is 16.1 Å². The fourth-order valence-corrected chi connectivity index (χ4v) is 2.80. The molecule has 1 fully saturated rings. The summed E-state index contributed by atoms with van der Waals surface area (Å²) in [4.78, 5) is 7.13. The van der Waals surface area contributed by atoms with Crippen molar-refractivity contribution in [2.45, 2.75) is 26.3 Å². The summed E-state index contributed by atoms with van der Waals surface area (Å²) in [5.41, 5.74) is 1.29. The van der Waals surface area contributed by atoms with Gasteiger partial charge in [-0.05, 0) is 20.8 Å². The van der Waals surface area contributed by atoms with Gasteiger partial charge in [-0.15, -0.1) is 11.3 Å². The van der Waals surface area contributed by atoms with E-state index in [1.165, 1.54) is 5.69 Å². The Hall–Kier alpha value is -0.450. The summed E-state index contributed by atoms with van der Waals surface area (Å²) in [7, 11) is 0. The molecule has 4 heteroatoms. The van der Waals surface area contributed by atoms with Crippen molar-refractivity contribution in [2.75, 3.05) is 26.2 Å². The van der Waals surface area contributed by atoms with Crippen LogP contribution in [0.5, 0.6) is 0 Å². The van der Waals surface area contributed by atoms with E-state index in [9.17, 15) is 0 Å². The normalized spacial score (nSPS) is 19.4. The lowest BCUT2D eigenvalue weighted by atomic mass is 9.98. The van der Waals surface area contributed by atoms with Gasteiger partial charge in [0.05, 0.1) is 16.2 Å². The van der Waals surface area contributed by atoms with Crippen molar-refractivity contribution in [1.82, 2.24) is 15.2 Å². The Balaban J connectivity index is 2.17. The molecule has 0 saturated carbocycles. The van der Waals surface area contributed by atoms with E-state index in [0.717, 1.165) is 31.2 Å². The number of nitrogens with one attached hydrogen (secondary N) is 1.